The van der Waals surface area contributed by atoms with Gasteiger partial charge in [0.1, 0.15) is 4.60 Å². The fourth-order valence-corrected chi connectivity index (χ4v) is 1.86. The first kappa shape index (κ1) is 9.02. The standard InChI is InChI=1S/C8H8BrN3S/c1-5-3-6-4-10-8(13-2)11-12(6)7(5)9/h3-4H,1-2H3. The zero-order valence-corrected chi connectivity index (χ0v) is 9.69. The van der Waals surface area contributed by atoms with Crippen molar-refractivity contribution in [3.8, 4) is 0 Å². The number of aryl methyl sites for hydroxylation is 1. The fourth-order valence-electron chi connectivity index (χ4n) is 1.14. The molecule has 0 bridgehead atoms. The molecule has 5 heteroatoms. The average Bonchev–Trinajstić information content (AvgIpc) is 2.43. The first-order valence-corrected chi connectivity index (χ1v) is 5.79. The highest BCUT2D eigenvalue weighted by atomic mass is 79.9. The van der Waals surface area contributed by atoms with Gasteiger partial charge < -0.3 is 0 Å². The quantitative estimate of drug-likeness (QED) is 0.736. The summed E-state index contributed by atoms with van der Waals surface area (Å²) in [6.07, 6.45) is 3.79. The molecule has 0 aliphatic carbocycles. The van der Waals surface area contributed by atoms with E-state index in [-0.39, 0.29) is 0 Å². The first-order chi connectivity index (χ1) is 6.22. The largest absolute Gasteiger partial charge is 0.228 e. The third kappa shape index (κ3) is 1.46. The Morgan fingerprint density at radius 3 is 3.00 bits per heavy atom. The van der Waals surface area contributed by atoms with Crippen molar-refractivity contribution in [3.05, 3.63) is 22.4 Å². The Balaban J connectivity index is 2.75. The molecule has 0 aromatic carbocycles. The lowest BCUT2D eigenvalue weighted by molar-refractivity contribution is 0.785. The number of hydrogen-bond acceptors (Lipinski definition) is 3. The van der Waals surface area contributed by atoms with Gasteiger partial charge in [0.25, 0.3) is 0 Å². The van der Waals surface area contributed by atoms with E-state index >= 15 is 0 Å². The van der Waals surface area contributed by atoms with Crippen molar-refractivity contribution in [2.75, 3.05) is 6.26 Å². The average molecular weight is 258 g/mol. The number of thioether (sulfide) groups is 1. The summed E-state index contributed by atoms with van der Waals surface area (Å²) in [6, 6.07) is 2.05. The normalized spacial score (nSPS) is 11.0. The third-order valence-electron chi connectivity index (χ3n) is 1.80. The second-order valence-electron chi connectivity index (χ2n) is 2.70. The van der Waals surface area contributed by atoms with Crippen molar-refractivity contribution in [3.63, 3.8) is 0 Å². The Labute approximate surface area is 88.7 Å². The summed E-state index contributed by atoms with van der Waals surface area (Å²) >= 11 is 5.02. The highest BCUT2D eigenvalue weighted by molar-refractivity contribution is 9.10. The van der Waals surface area contributed by atoms with Crippen molar-refractivity contribution in [2.24, 2.45) is 0 Å². The number of halogens is 1. The number of aromatic nitrogens is 3. The van der Waals surface area contributed by atoms with E-state index < -0.39 is 0 Å². The van der Waals surface area contributed by atoms with Crippen LogP contribution in [0.2, 0.25) is 0 Å². The lowest BCUT2D eigenvalue weighted by Gasteiger charge is -1.97. The third-order valence-corrected chi connectivity index (χ3v) is 3.31. The number of hydrogen-bond donors (Lipinski definition) is 0. The van der Waals surface area contributed by atoms with Crippen LogP contribution in [-0.4, -0.2) is 20.9 Å². The van der Waals surface area contributed by atoms with Gasteiger partial charge in [-0.1, -0.05) is 11.8 Å². The van der Waals surface area contributed by atoms with Gasteiger partial charge in [0.15, 0.2) is 0 Å². The van der Waals surface area contributed by atoms with Crippen molar-refractivity contribution < 1.29 is 0 Å². The van der Waals surface area contributed by atoms with Gasteiger partial charge in [-0.15, -0.1) is 5.10 Å². The summed E-state index contributed by atoms with van der Waals surface area (Å²) < 4.78 is 2.86. The summed E-state index contributed by atoms with van der Waals surface area (Å²) in [4.78, 5) is 4.19. The molecule has 0 radical (unpaired) electrons. The van der Waals surface area contributed by atoms with Gasteiger partial charge in [-0.25, -0.2) is 9.50 Å². The van der Waals surface area contributed by atoms with Crippen LogP contribution in [0.15, 0.2) is 22.0 Å². The summed E-state index contributed by atoms with van der Waals surface area (Å²) in [6.45, 7) is 2.04. The molecule has 2 aromatic heterocycles. The highest BCUT2D eigenvalue weighted by Crippen LogP contribution is 2.20. The van der Waals surface area contributed by atoms with Gasteiger partial charge in [0.05, 0.1) is 11.7 Å². The molecule has 68 valence electrons. The van der Waals surface area contributed by atoms with E-state index in [2.05, 4.69) is 26.0 Å². The molecule has 0 spiro atoms. The van der Waals surface area contributed by atoms with Crippen molar-refractivity contribution in [1.29, 1.82) is 0 Å². The molecule has 0 unspecified atom stereocenters. The van der Waals surface area contributed by atoms with Gasteiger partial charge in [0.2, 0.25) is 5.16 Å². The molecule has 2 aromatic rings. The molecule has 3 nitrogen and oxygen atoms in total. The molecule has 0 amide bonds. The molecule has 0 aliphatic heterocycles. The number of fused-ring (bicyclic) bond motifs is 1. The zero-order valence-electron chi connectivity index (χ0n) is 7.28. The summed E-state index contributed by atoms with van der Waals surface area (Å²) in [7, 11) is 0. The molecule has 2 heterocycles. The van der Waals surface area contributed by atoms with Gasteiger partial charge in [-0.05, 0) is 40.7 Å². The Morgan fingerprint density at radius 1 is 1.54 bits per heavy atom. The van der Waals surface area contributed by atoms with E-state index in [9.17, 15) is 0 Å². The molecule has 0 fully saturated rings. The SMILES string of the molecule is CSc1ncc2cc(C)c(Br)n2n1. The molecule has 2 rings (SSSR count). The van der Waals surface area contributed by atoms with Crippen LogP contribution in [0.4, 0.5) is 0 Å². The molecule has 0 aliphatic rings. The summed E-state index contributed by atoms with van der Waals surface area (Å²) in [5, 5.41) is 5.12. The van der Waals surface area contributed by atoms with Crippen molar-refractivity contribution >= 4 is 33.2 Å². The van der Waals surface area contributed by atoms with Crippen molar-refractivity contribution in [1.82, 2.24) is 14.6 Å². The lowest BCUT2D eigenvalue weighted by Crippen LogP contribution is -1.95. The second-order valence-corrected chi connectivity index (χ2v) is 4.22. The molecule has 0 N–H and O–H groups in total. The predicted octanol–water partition coefficient (Wildman–Crippen LogP) is 2.52. The maximum absolute atomic E-state index is 4.34. The van der Waals surface area contributed by atoms with Gasteiger partial charge in [-0.3, -0.25) is 0 Å². The van der Waals surface area contributed by atoms with Gasteiger partial charge in [-0.2, -0.15) is 0 Å². The second kappa shape index (κ2) is 3.31. The zero-order chi connectivity index (χ0) is 9.42. The van der Waals surface area contributed by atoms with Crippen LogP contribution in [0.1, 0.15) is 5.56 Å². The van der Waals surface area contributed by atoms with E-state index in [1.54, 1.807) is 0 Å². The van der Waals surface area contributed by atoms with Crippen LogP contribution in [0, 0.1) is 6.92 Å². The van der Waals surface area contributed by atoms with E-state index in [1.165, 1.54) is 17.3 Å². The Morgan fingerprint density at radius 2 is 2.31 bits per heavy atom. The maximum atomic E-state index is 4.34. The minimum Gasteiger partial charge on any atom is -0.228 e. The topological polar surface area (TPSA) is 30.2 Å². The number of nitrogens with zero attached hydrogens (tertiary/aromatic N) is 3. The summed E-state index contributed by atoms with van der Waals surface area (Å²) in [5.74, 6) is 0. The highest BCUT2D eigenvalue weighted by Gasteiger charge is 2.05. The molecule has 0 atom stereocenters. The molecule has 0 saturated carbocycles. The molecular formula is C8H8BrN3S. The van der Waals surface area contributed by atoms with Gasteiger partial charge >= 0.3 is 0 Å². The van der Waals surface area contributed by atoms with Crippen LogP contribution >= 0.6 is 27.7 Å². The van der Waals surface area contributed by atoms with Crippen molar-refractivity contribution in [2.45, 2.75) is 12.1 Å². The van der Waals surface area contributed by atoms with E-state index in [0.717, 1.165) is 15.3 Å². The predicted molar refractivity (Wildman–Crippen MR) is 57.2 cm³/mol. The Bertz CT molecular complexity index is 452. The number of rotatable bonds is 1. The van der Waals surface area contributed by atoms with E-state index in [0.29, 0.717) is 0 Å². The minimum absolute atomic E-state index is 0.781. The molecule has 13 heavy (non-hydrogen) atoms. The van der Waals surface area contributed by atoms with E-state index in [4.69, 9.17) is 0 Å². The Hall–Kier alpha value is -0.550. The maximum Gasteiger partial charge on any atom is 0.207 e. The smallest absolute Gasteiger partial charge is 0.207 e. The van der Waals surface area contributed by atoms with E-state index in [1.807, 2.05) is 30.0 Å². The van der Waals surface area contributed by atoms with Crippen LogP contribution < -0.4 is 0 Å². The van der Waals surface area contributed by atoms with Gasteiger partial charge in [0, 0.05) is 0 Å². The minimum atomic E-state index is 0.781. The fraction of sp³-hybridized carbons (Fsp3) is 0.250. The van der Waals surface area contributed by atoms with Crippen LogP contribution in [0.25, 0.3) is 5.52 Å². The van der Waals surface area contributed by atoms with Crippen LogP contribution in [-0.2, 0) is 0 Å². The first-order valence-electron chi connectivity index (χ1n) is 3.77. The molecular weight excluding hydrogens is 250 g/mol. The Kier molecular flexibility index (Phi) is 2.29. The van der Waals surface area contributed by atoms with Crippen LogP contribution in [0.5, 0.6) is 0 Å². The van der Waals surface area contributed by atoms with Crippen LogP contribution in [0.3, 0.4) is 0 Å². The summed E-state index contributed by atoms with van der Waals surface area (Å²) in [5.41, 5.74) is 2.19. The molecule has 0 saturated heterocycles. The monoisotopic (exact) mass is 257 g/mol. The lowest BCUT2D eigenvalue weighted by atomic mass is 10.4.